The van der Waals surface area contributed by atoms with Crippen molar-refractivity contribution in [3.05, 3.63) is 11.6 Å². The van der Waals surface area contributed by atoms with Crippen LogP contribution in [0, 0.1) is 5.92 Å². The molecule has 0 aromatic rings. The van der Waals surface area contributed by atoms with E-state index < -0.39 is 4.93 Å². The van der Waals surface area contributed by atoms with Crippen LogP contribution in [0.3, 0.4) is 0 Å². The van der Waals surface area contributed by atoms with E-state index >= 15 is 0 Å². The number of rotatable bonds is 5. The monoisotopic (exact) mass is 191 g/mol. The standard InChI is InChI=1S/C8H17NO2S/c1-6(2)8(4,11-5-10)12-7(3)9/h6,10H,3,5,9H2,1-2,4H3. The van der Waals surface area contributed by atoms with E-state index in [4.69, 9.17) is 15.6 Å². The highest BCUT2D eigenvalue weighted by Gasteiger charge is 2.30. The zero-order valence-electron chi connectivity index (χ0n) is 7.83. The van der Waals surface area contributed by atoms with Crippen molar-refractivity contribution in [2.24, 2.45) is 11.7 Å². The van der Waals surface area contributed by atoms with Crippen LogP contribution in [0.15, 0.2) is 11.6 Å². The Morgan fingerprint density at radius 1 is 1.75 bits per heavy atom. The number of hydrogen-bond acceptors (Lipinski definition) is 4. The van der Waals surface area contributed by atoms with Crippen LogP contribution < -0.4 is 5.73 Å². The van der Waals surface area contributed by atoms with Gasteiger partial charge in [0.05, 0.1) is 5.03 Å². The molecule has 0 aromatic carbocycles. The molecule has 0 saturated carbocycles. The Labute approximate surface area is 78.0 Å². The molecule has 0 saturated heterocycles. The summed E-state index contributed by atoms with van der Waals surface area (Å²) in [6, 6.07) is 0. The lowest BCUT2D eigenvalue weighted by Crippen LogP contribution is -2.32. The third kappa shape index (κ3) is 3.47. The summed E-state index contributed by atoms with van der Waals surface area (Å²) < 4.78 is 5.18. The van der Waals surface area contributed by atoms with E-state index in [9.17, 15) is 0 Å². The van der Waals surface area contributed by atoms with Crippen LogP contribution in [0.5, 0.6) is 0 Å². The van der Waals surface area contributed by atoms with Crippen LogP contribution in [0.1, 0.15) is 20.8 Å². The molecule has 0 fully saturated rings. The number of nitrogens with two attached hydrogens (primary N) is 1. The van der Waals surface area contributed by atoms with Gasteiger partial charge in [-0.3, -0.25) is 0 Å². The first-order valence-electron chi connectivity index (χ1n) is 3.80. The molecule has 1 unspecified atom stereocenters. The molecule has 0 aliphatic heterocycles. The van der Waals surface area contributed by atoms with E-state index in [0.717, 1.165) is 0 Å². The summed E-state index contributed by atoms with van der Waals surface area (Å²) in [4.78, 5) is -0.486. The van der Waals surface area contributed by atoms with Crippen LogP contribution in [0.2, 0.25) is 0 Å². The Morgan fingerprint density at radius 3 is 2.50 bits per heavy atom. The van der Waals surface area contributed by atoms with Gasteiger partial charge in [-0.1, -0.05) is 32.2 Å². The van der Waals surface area contributed by atoms with Crippen molar-refractivity contribution >= 4 is 11.8 Å². The molecule has 0 heterocycles. The van der Waals surface area contributed by atoms with Crippen LogP contribution >= 0.6 is 11.8 Å². The average molecular weight is 191 g/mol. The number of aliphatic hydroxyl groups is 1. The van der Waals surface area contributed by atoms with Gasteiger partial charge < -0.3 is 15.6 Å². The predicted octanol–water partition coefficient (Wildman–Crippen LogP) is 1.49. The molecule has 0 aromatic heterocycles. The van der Waals surface area contributed by atoms with Gasteiger partial charge in [0.15, 0.2) is 0 Å². The Kier molecular flexibility index (Phi) is 4.67. The fourth-order valence-corrected chi connectivity index (χ4v) is 1.57. The topological polar surface area (TPSA) is 55.5 Å². The normalized spacial score (nSPS) is 16.1. The van der Waals surface area contributed by atoms with Gasteiger partial charge in [0, 0.05) is 0 Å². The van der Waals surface area contributed by atoms with Crippen molar-refractivity contribution in [3.63, 3.8) is 0 Å². The summed E-state index contributed by atoms with van der Waals surface area (Å²) in [5, 5.41) is 9.16. The second-order valence-electron chi connectivity index (χ2n) is 3.01. The van der Waals surface area contributed by atoms with E-state index in [0.29, 0.717) is 5.03 Å². The van der Waals surface area contributed by atoms with Gasteiger partial charge >= 0.3 is 0 Å². The van der Waals surface area contributed by atoms with Crippen LogP contribution in [0.4, 0.5) is 0 Å². The highest BCUT2D eigenvalue weighted by atomic mass is 32.2. The fraction of sp³-hybridized carbons (Fsp3) is 0.750. The summed E-state index contributed by atoms with van der Waals surface area (Å²) >= 11 is 1.34. The van der Waals surface area contributed by atoms with Crippen molar-refractivity contribution in [3.8, 4) is 0 Å². The molecule has 3 nitrogen and oxygen atoms in total. The number of hydrogen-bond donors (Lipinski definition) is 2. The van der Waals surface area contributed by atoms with Crippen molar-refractivity contribution in [2.45, 2.75) is 25.7 Å². The molecule has 3 N–H and O–H groups in total. The molecule has 0 rings (SSSR count). The third-order valence-electron chi connectivity index (χ3n) is 1.73. The van der Waals surface area contributed by atoms with Gasteiger partial charge in [0.1, 0.15) is 11.7 Å². The first kappa shape index (κ1) is 11.8. The fourth-order valence-electron chi connectivity index (χ4n) is 0.702. The molecule has 0 aliphatic rings. The Hall–Kier alpha value is -0.190. The molecule has 4 heteroatoms. The summed E-state index contributed by atoms with van der Waals surface area (Å²) in [6.07, 6.45) is 0. The van der Waals surface area contributed by atoms with Gasteiger partial charge in [-0.25, -0.2) is 0 Å². The molecular formula is C8H17NO2S. The maximum atomic E-state index is 8.66. The van der Waals surface area contributed by atoms with E-state index in [-0.39, 0.29) is 12.7 Å². The maximum absolute atomic E-state index is 8.66. The van der Waals surface area contributed by atoms with E-state index in [1.807, 2.05) is 20.8 Å². The summed E-state index contributed by atoms with van der Waals surface area (Å²) in [7, 11) is 0. The number of aliphatic hydroxyl groups excluding tert-OH is 1. The molecule has 0 amide bonds. The van der Waals surface area contributed by atoms with Crippen molar-refractivity contribution < 1.29 is 9.84 Å². The molecule has 1 atom stereocenters. The molecule has 0 radical (unpaired) electrons. The lowest BCUT2D eigenvalue weighted by atomic mass is 10.1. The minimum atomic E-state index is -0.486. The van der Waals surface area contributed by atoms with Crippen LogP contribution in [-0.4, -0.2) is 16.8 Å². The highest BCUT2D eigenvalue weighted by Crippen LogP contribution is 2.36. The summed E-state index contributed by atoms with van der Waals surface area (Å²) in [5.41, 5.74) is 5.45. The average Bonchev–Trinajstić information content (AvgIpc) is 1.85. The van der Waals surface area contributed by atoms with Gasteiger partial charge in [-0.2, -0.15) is 0 Å². The van der Waals surface area contributed by atoms with E-state index in [1.165, 1.54) is 11.8 Å². The molecule has 72 valence electrons. The zero-order valence-corrected chi connectivity index (χ0v) is 8.65. The molecule has 12 heavy (non-hydrogen) atoms. The number of thioether (sulfide) groups is 1. The van der Waals surface area contributed by atoms with Crippen molar-refractivity contribution in [1.82, 2.24) is 0 Å². The first-order chi connectivity index (χ1) is 5.42. The molecule has 0 bridgehead atoms. The van der Waals surface area contributed by atoms with Crippen molar-refractivity contribution in [1.29, 1.82) is 0 Å². The molecule has 0 spiro atoms. The molecule has 0 aliphatic carbocycles. The minimum absolute atomic E-state index is 0.259. The maximum Gasteiger partial charge on any atom is 0.145 e. The highest BCUT2D eigenvalue weighted by molar-refractivity contribution is 8.04. The Balaban J connectivity index is 4.28. The minimum Gasteiger partial charge on any atom is -0.394 e. The summed E-state index contributed by atoms with van der Waals surface area (Å²) in [6.45, 7) is 9.18. The van der Waals surface area contributed by atoms with E-state index in [2.05, 4.69) is 6.58 Å². The SMILES string of the molecule is C=C(N)SC(C)(OCO)C(C)C. The van der Waals surface area contributed by atoms with Crippen molar-refractivity contribution in [2.75, 3.05) is 6.79 Å². The van der Waals surface area contributed by atoms with Crippen LogP contribution in [0.25, 0.3) is 0 Å². The third-order valence-corrected chi connectivity index (χ3v) is 2.99. The second kappa shape index (κ2) is 4.74. The van der Waals surface area contributed by atoms with E-state index in [1.54, 1.807) is 0 Å². The largest absolute Gasteiger partial charge is 0.394 e. The summed E-state index contributed by atoms with van der Waals surface area (Å²) in [5.74, 6) is 0.259. The Bertz CT molecular complexity index is 161. The number of ether oxygens (including phenoxy) is 1. The van der Waals surface area contributed by atoms with Gasteiger partial charge in [-0.15, -0.1) is 0 Å². The smallest absolute Gasteiger partial charge is 0.145 e. The quantitative estimate of drug-likeness (QED) is 0.646. The van der Waals surface area contributed by atoms with Gasteiger partial charge in [0.25, 0.3) is 0 Å². The second-order valence-corrected chi connectivity index (χ2v) is 4.55. The lowest BCUT2D eigenvalue weighted by molar-refractivity contribution is -0.0781. The zero-order chi connectivity index (χ0) is 9.78. The predicted molar refractivity (Wildman–Crippen MR) is 52.3 cm³/mol. The van der Waals surface area contributed by atoms with Gasteiger partial charge in [0.2, 0.25) is 0 Å². The van der Waals surface area contributed by atoms with Crippen LogP contribution in [-0.2, 0) is 4.74 Å². The van der Waals surface area contributed by atoms with Gasteiger partial charge in [-0.05, 0) is 12.8 Å². The first-order valence-corrected chi connectivity index (χ1v) is 4.62. The molecular weight excluding hydrogens is 174 g/mol. The lowest BCUT2D eigenvalue weighted by Gasteiger charge is -2.31. The Morgan fingerprint density at radius 2 is 2.25 bits per heavy atom.